The summed E-state index contributed by atoms with van der Waals surface area (Å²) in [6.07, 6.45) is 8.44. The number of hydrogen-bond acceptors (Lipinski definition) is 4. The average Bonchev–Trinajstić information content (AvgIpc) is 3.25. The standard InChI is InChI=1S/C18H26N6O/c1-13-10-19-17(21-13)18(25)20-11-14-9-16-12-23(7-8-24(16)22-14)15-5-3-2-4-6-15/h9-10,15H,2-8,11-12H2,1H3,(H,19,21)(H,20,25). The first-order chi connectivity index (χ1) is 12.2. The van der Waals surface area contributed by atoms with Gasteiger partial charge in [-0.1, -0.05) is 19.3 Å². The first-order valence-corrected chi connectivity index (χ1v) is 9.28. The Labute approximate surface area is 147 Å². The van der Waals surface area contributed by atoms with E-state index in [9.17, 15) is 4.79 Å². The van der Waals surface area contributed by atoms with Crippen LogP contribution in [-0.2, 0) is 19.6 Å². The second-order valence-corrected chi connectivity index (χ2v) is 7.21. The van der Waals surface area contributed by atoms with Gasteiger partial charge in [0, 0.05) is 31.0 Å². The molecule has 0 bridgehead atoms. The number of amides is 1. The van der Waals surface area contributed by atoms with E-state index >= 15 is 0 Å². The zero-order chi connectivity index (χ0) is 17.2. The molecule has 0 atom stereocenters. The quantitative estimate of drug-likeness (QED) is 0.891. The number of aryl methyl sites for hydroxylation is 1. The number of aromatic nitrogens is 4. The number of aromatic amines is 1. The predicted molar refractivity (Wildman–Crippen MR) is 94.0 cm³/mol. The fraction of sp³-hybridized carbons (Fsp3) is 0.611. The molecule has 0 unspecified atom stereocenters. The lowest BCUT2D eigenvalue weighted by molar-refractivity contribution is 0.0940. The summed E-state index contributed by atoms with van der Waals surface area (Å²) in [7, 11) is 0. The number of hydrogen-bond donors (Lipinski definition) is 2. The molecule has 0 radical (unpaired) electrons. The molecule has 2 aromatic rings. The summed E-state index contributed by atoms with van der Waals surface area (Å²) in [5, 5.41) is 7.54. The maximum Gasteiger partial charge on any atom is 0.287 e. The van der Waals surface area contributed by atoms with Crippen LogP contribution in [0.5, 0.6) is 0 Å². The summed E-state index contributed by atoms with van der Waals surface area (Å²) in [5.41, 5.74) is 3.05. The van der Waals surface area contributed by atoms with E-state index in [0.29, 0.717) is 12.4 Å². The minimum atomic E-state index is -0.192. The first kappa shape index (κ1) is 16.3. The molecular weight excluding hydrogens is 316 g/mol. The molecule has 2 aromatic heterocycles. The molecule has 1 aliphatic heterocycles. The van der Waals surface area contributed by atoms with Gasteiger partial charge in [0.15, 0.2) is 5.82 Å². The van der Waals surface area contributed by atoms with Crippen LogP contribution in [0.15, 0.2) is 12.3 Å². The maximum atomic E-state index is 12.1. The van der Waals surface area contributed by atoms with E-state index in [-0.39, 0.29) is 5.91 Å². The monoisotopic (exact) mass is 342 g/mol. The maximum absolute atomic E-state index is 12.1. The normalized spacial score (nSPS) is 18.9. The molecule has 4 rings (SSSR count). The highest BCUT2D eigenvalue weighted by Crippen LogP contribution is 2.26. The Morgan fingerprint density at radius 2 is 2.16 bits per heavy atom. The van der Waals surface area contributed by atoms with Crippen molar-refractivity contribution in [2.45, 2.75) is 64.7 Å². The van der Waals surface area contributed by atoms with Crippen LogP contribution in [0.25, 0.3) is 0 Å². The smallest absolute Gasteiger partial charge is 0.287 e. The average molecular weight is 342 g/mol. The van der Waals surface area contributed by atoms with E-state index in [0.717, 1.165) is 37.1 Å². The summed E-state index contributed by atoms with van der Waals surface area (Å²) in [6.45, 7) is 5.31. The Morgan fingerprint density at radius 3 is 2.92 bits per heavy atom. The summed E-state index contributed by atoms with van der Waals surface area (Å²) in [6, 6.07) is 2.87. The van der Waals surface area contributed by atoms with Crippen LogP contribution in [0, 0.1) is 6.92 Å². The zero-order valence-electron chi connectivity index (χ0n) is 14.8. The third-order valence-electron chi connectivity index (χ3n) is 5.32. The fourth-order valence-electron chi connectivity index (χ4n) is 3.97. The van der Waals surface area contributed by atoms with E-state index in [1.807, 2.05) is 6.92 Å². The summed E-state index contributed by atoms with van der Waals surface area (Å²) >= 11 is 0. The topological polar surface area (TPSA) is 78.8 Å². The molecule has 25 heavy (non-hydrogen) atoms. The molecule has 7 nitrogen and oxygen atoms in total. The molecule has 2 aliphatic rings. The van der Waals surface area contributed by atoms with Crippen LogP contribution in [0.1, 0.15) is 59.8 Å². The van der Waals surface area contributed by atoms with E-state index in [1.165, 1.54) is 37.8 Å². The van der Waals surface area contributed by atoms with Crippen molar-refractivity contribution in [3.8, 4) is 0 Å². The highest BCUT2D eigenvalue weighted by molar-refractivity contribution is 5.90. The summed E-state index contributed by atoms with van der Waals surface area (Å²) in [5.74, 6) is 0.160. The first-order valence-electron chi connectivity index (χ1n) is 9.28. The van der Waals surface area contributed by atoms with Gasteiger partial charge in [0.25, 0.3) is 5.91 Å². The molecule has 0 aromatic carbocycles. The van der Waals surface area contributed by atoms with Gasteiger partial charge >= 0.3 is 0 Å². The van der Waals surface area contributed by atoms with Crippen molar-refractivity contribution < 1.29 is 4.79 Å². The Bertz CT molecular complexity index is 743. The van der Waals surface area contributed by atoms with Gasteiger partial charge in [-0.25, -0.2) is 4.98 Å². The van der Waals surface area contributed by atoms with E-state index in [2.05, 4.69) is 36.0 Å². The number of carbonyl (C=O) groups excluding carboxylic acids is 1. The SMILES string of the molecule is Cc1cnc(C(=O)NCc2cc3n(n2)CCN(C2CCCCC2)C3)[nH]1. The molecule has 3 heterocycles. The van der Waals surface area contributed by atoms with Gasteiger partial charge < -0.3 is 10.3 Å². The minimum absolute atomic E-state index is 0.192. The zero-order valence-corrected chi connectivity index (χ0v) is 14.8. The van der Waals surface area contributed by atoms with Crippen LogP contribution in [0.2, 0.25) is 0 Å². The van der Waals surface area contributed by atoms with Gasteiger partial charge in [-0.2, -0.15) is 5.10 Å². The van der Waals surface area contributed by atoms with Crippen molar-refractivity contribution in [2.24, 2.45) is 0 Å². The Kier molecular flexibility index (Phi) is 4.57. The highest BCUT2D eigenvalue weighted by Gasteiger charge is 2.26. The Hall–Kier alpha value is -2.15. The van der Waals surface area contributed by atoms with Crippen LogP contribution in [-0.4, -0.2) is 43.1 Å². The molecule has 1 fully saturated rings. The number of nitrogens with zero attached hydrogens (tertiary/aromatic N) is 4. The van der Waals surface area contributed by atoms with E-state index in [4.69, 9.17) is 0 Å². The van der Waals surface area contributed by atoms with E-state index in [1.54, 1.807) is 6.20 Å². The fourth-order valence-corrected chi connectivity index (χ4v) is 3.97. The van der Waals surface area contributed by atoms with E-state index < -0.39 is 0 Å². The number of nitrogens with one attached hydrogen (secondary N) is 2. The molecule has 0 spiro atoms. The third-order valence-corrected chi connectivity index (χ3v) is 5.32. The van der Waals surface area contributed by atoms with Crippen LogP contribution in [0.3, 0.4) is 0 Å². The predicted octanol–water partition coefficient (Wildman–Crippen LogP) is 1.99. The lowest BCUT2D eigenvalue weighted by Gasteiger charge is -2.36. The second-order valence-electron chi connectivity index (χ2n) is 7.21. The molecule has 1 aliphatic carbocycles. The molecule has 2 N–H and O–H groups in total. The Balaban J connectivity index is 1.36. The van der Waals surface area contributed by atoms with Gasteiger partial charge in [-0.3, -0.25) is 14.4 Å². The minimum Gasteiger partial charge on any atom is -0.344 e. The molecule has 134 valence electrons. The van der Waals surface area contributed by atoms with Gasteiger partial charge in [0.05, 0.1) is 24.5 Å². The molecule has 0 saturated heterocycles. The largest absolute Gasteiger partial charge is 0.344 e. The number of fused-ring (bicyclic) bond motifs is 1. The van der Waals surface area contributed by atoms with Gasteiger partial charge in [-0.15, -0.1) is 0 Å². The van der Waals surface area contributed by atoms with Crippen LogP contribution >= 0.6 is 0 Å². The lowest BCUT2D eigenvalue weighted by Crippen LogP contribution is -2.42. The molecule has 1 amide bonds. The number of H-pyrrole nitrogens is 1. The summed E-state index contributed by atoms with van der Waals surface area (Å²) < 4.78 is 2.10. The van der Waals surface area contributed by atoms with Crippen molar-refractivity contribution in [1.82, 2.24) is 30.0 Å². The van der Waals surface area contributed by atoms with Gasteiger partial charge in [0.1, 0.15) is 0 Å². The number of rotatable bonds is 4. The number of imidazole rings is 1. The van der Waals surface area contributed by atoms with Crippen molar-refractivity contribution in [3.05, 3.63) is 35.2 Å². The highest BCUT2D eigenvalue weighted by atomic mass is 16.2. The van der Waals surface area contributed by atoms with Crippen molar-refractivity contribution >= 4 is 5.91 Å². The van der Waals surface area contributed by atoms with Crippen molar-refractivity contribution in [2.75, 3.05) is 6.54 Å². The molecule has 7 heteroatoms. The molecular formula is C18H26N6O. The second kappa shape index (κ2) is 7.00. The third kappa shape index (κ3) is 3.61. The molecule has 1 saturated carbocycles. The van der Waals surface area contributed by atoms with Crippen molar-refractivity contribution in [3.63, 3.8) is 0 Å². The van der Waals surface area contributed by atoms with Gasteiger partial charge in [0.2, 0.25) is 0 Å². The summed E-state index contributed by atoms with van der Waals surface area (Å²) in [4.78, 5) is 21.7. The van der Waals surface area contributed by atoms with Crippen LogP contribution in [0.4, 0.5) is 0 Å². The van der Waals surface area contributed by atoms with Gasteiger partial charge in [-0.05, 0) is 25.8 Å². The lowest BCUT2D eigenvalue weighted by atomic mass is 9.94. The number of carbonyl (C=O) groups is 1. The van der Waals surface area contributed by atoms with Crippen molar-refractivity contribution in [1.29, 1.82) is 0 Å². The Morgan fingerprint density at radius 1 is 1.32 bits per heavy atom. The van der Waals surface area contributed by atoms with Crippen LogP contribution < -0.4 is 5.32 Å².